The van der Waals surface area contributed by atoms with Crippen molar-refractivity contribution < 1.29 is 8.42 Å². The Bertz CT molecular complexity index is 300. The van der Waals surface area contributed by atoms with Gasteiger partial charge in [0.2, 0.25) is 10.0 Å². The summed E-state index contributed by atoms with van der Waals surface area (Å²) in [6, 6.07) is 0. The average Bonchev–Trinajstić information content (AvgIpc) is 2.88. The largest absolute Gasteiger partial charge is 0.220 e. The minimum Gasteiger partial charge on any atom is -0.212 e. The highest BCUT2D eigenvalue weighted by Gasteiger charge is 2.55. The van der Waals surface area contributed by atoms with Crippen LogP contribution < -0.4 is 0 Å². The highest BCUT2D eigenvalue weighted by Crippen LogP contribution is 2.48. The van der Waals surface area contributed by atoms with E-state index in [4.69, 9.17) is 0 Å². The van der Waals surface area contributed by atoms with Crippen LogP contribution in [0.4, 0.5) is 0 Å². The van der Waals surface area contributed by atoms with Gasteiger partial charge >= 0.3 is 0 Å². The lowest BCUT2D eigenvalue weighted by Gasteiger charge is -2.24. The molecular weight excluding hydrogens is 198 g/mol. The van der Waals surface area contributed by atoms with Gasteiger partial charge in [-0.05, 0) is 19.3 Å². The fraction of sp³-hybridized carbons (Fsp3) is 0.800. The molecule has 0 radical (unpaired) electrons. The second-order valence-corrected chi connectivity index (χ2v) is 6.10. The van der Waals surface area contributed by atoms with Crippen molar-refractivity contribution in [3.05, 3.63) is 12.7 Å². The quantitative estimate of drug-likeness (QED) is 0.636. The maximum absolute atomic E-state index is 12.1. The van der Waals surface area contributed by atoms with E-state index in [0.717, 1.165) is 12.8 Å². The molecule has 0 amide bonds. The van der Waals surface area contributed by atoms with Crippen molar-refractivity contribution in [2.45, 2.75) is 37.9 Å². The summed E-state index contributed by atoms with van der Waals surface area (Å²) in [5.74, 6) is 0. The summed E-state index contributed by atoms with van der Waals surface area (Å²) in [7, 11) is -3.09. The van der Waals surface area contributed by atoms with Crippen molar-refractivity contribution in [3.63, 3.8) is 0 Å². The minimum atomic E-state index is -3.09. The molecule has 1 aliphatic carbocycles. The Kier molecular flexibility index (Phi) is 3.37. The molecular formula is C10H19NO2S. The lowest BCUT2D eigenvalue weighted by Crippen LogP contribution is -2.39. The maximum Gasteiger partial charge on any atom is 0.220 e. The Hall–Kier alpha value is -0.350. The van der Waals surface area contributed by atoms with Gasteiger partial charge in [0.15, 0.2) is 0 Å². The van der Waals surface area contributed by atoms with Gasteiger partial charge in [-0.15, -0.1) is 6.58 Å². The molecule has 0 unspecified atom stereocenters. The number of rotatable bonds is 6. The summed E-state index contributed by atoms with van der Waals surface area (Å²) < 4.78 is 25.4. The van der Waals surface area contributed by atoms with Crippen molar-refractivity contribution in [3.8, 4) is 0 Å². The Labute approximate surface area is 86.8 Å². The molecule has 3 nitrogen and oxygen atoms in total. The van der Waals surface area contributed by atoms with Crippen molar-refractivity contribution in [2.24, 2.45) is 0 Å². The number of nitrogens with zero attached hydrogens (tertiary/aromatic N) is 1. The van der Waals surface area contributed by atoms with Gasteiger partial charge in [-0.25, -0.2) is 12.7 Å². The molecule has 0 aliphatic heterocycles. The van der Waals surface area contributed by atoms with E-state index < -0.39 is 14.8 Å². The predicted octanol–water partition coefficient (Wildman–Crippen LogP) is 1.77. The molecule has 0 atom stereocenters. The monoisotopic (exact) mass is 217 g/mol. The SMILES string of the molecule is C=CCC1(S(=O)(=O)N(CC)CC)CC1. The van der Waals surface area contributed by atoms with E-state index in [9.17, 15) is 8.42 Å². The van der Waals surface area contributed by atoms with Crippen LogP contribution in [0, 0.1) is 0 Å². The summed E-state index contributed by atoms with van der Waals surface area (Å²) in [6.07, 6.45) is 3.88. The van der Waals surface area contributed by atoms with Crippen LogP contribution in [0.25, 0.3) is 0 Å². The molecule has 14 heavy (non-hydrogen) atoms. The second-order valence-electron chi connectivity index (χ2n) is 3.77. The molecule has 0 bridgehead atoms. The summed E-state index contributed by atoms with van der Waals surface area (Å²) in [4.78, 5) is 0. The zero-order chi connectivity index (χ0) is 10.8. The van der Waals surface area contributed by atoms with Crippen LogP contribution in [-0.4, -0.2) is 30.6 Å². The number of hydrogen-bond donors (Lipinski definition) is 0. The fourth-order valence-corrected chi connectivity index (χ4v) is 3.98. The summed E-state index contributed by atoms with van der Waals surface area (Å²) in [5, 5.41) is 0. The van der Waals surface area contributed by atoms with E-state index in [1.165, 1.54) is 0 Å². The third kappa shape index (κ3) is 1.73. The van der Waals surface area contributed by atoms with Gasteiger partial charge < -0.3 is 0 Å². The molecule has 0 spiro atoms. The molecule has 0 N–H and O–H groups in total. The zero-order valence-electron chi connectivity index (χ0n) is 8.99. The van der Waals surface area contributed by atoms with Crippen LogP contribution in [0.2, 0.25) is 0 Å². The van der Waals surface area contributed by atoms with Gasteiger partial charge in [0.1, 0.15) is 0 Å². The third-order valence-electron chi connectivity index (χ3n) is 2.92. The van der Waals surface area contributed by atoms with Gasteiger partial charge in [0.05, 0.1) is 4.75 Å². The first-order valence-electron chi connectivity index (χ1n) is 5.14. The first-order chi connectivity index (χ1) is 6.54. The zero-order valence-corrected chi connectivity index (χ0v) is 9.81. The van der Waals surface area contributed by atoms with E-state index in [-0.39, 0.29) is 0 Å². The van der Waals surface area contributed by atoms with Crippen LogP contribution in [0.5, 0.6) is 0 Å². The first-order valence-corrected chi connectivity index (χ1v) is 6.58. The second kappa shape index (κ2) is 4.03. The molecule has 1 saturated carbocycles. The van der Waals surface area contributed by atoms with Crippen LogP contribution >= 0.6 is 0 Å². The molecule has 1 fully saturated rings. The Morgan fingerprint density at radius 1 is 1.36 bits per heavy atom. The normalized spacial score (nSPS) is 19.6. The average molecular weight is 217 g/mol. The van der Waals surface area contributed by atoms with Crippen molar-refractivity contribution in [1.82, 2.24) is 4.31 Å². The highest BCUT2D eigenvalue weighted by molar-refractivity contribution is 7.90. The molecule has 0 aromatic carbocycles. The number of sulfonamides is 1. The van der Waals surface area contributed by atoms with Gasteiger partial charge in [0.25, 0.3) is 0 Å². The van der Waals surface area contributed by atoms with Crippen molar-refractivity contribution in [1.29, 1.82) is 0 Å². The van der Waals surface area contributed by atoms with E-state index >= 15 is 0 Å². The van der Waals surface area contributed by atoms with Crippen LogP contribution in [-0.2, 0) is 10.0 Å². The third-order valence-corrected chi connectivity index (χ3v) is 5.78. The molecule has 0 heterocycles. The van der Waals surface area contributed by atoms with Crippen LogP contribution in [0.1, 0.15) is 33.1 Å². The molecule has 1 aliphatic rings. The van der Waals surface area contributed by atoms with Gasteiger partial charge in [-0.1, -0.05) is 19.9 Å². The van der Waals surface area contributed by atoms with E-state index in [0.29, 0.717) is 19.5 Å². The van der Waals surface area contributed by atoms with Crippen molar-refractivity contribution >= 4 is 10.0 Å². The first kappa shape index (κ1) is 11.7. The summed E-state index contributed by atoms with van der Waals surface area (Å²) in [5.41, 5.74) is 0. The molecule has 0 aromatic rings. The van der Waals surface area contributed by atoms with E-state index in [1.54, 1.807) is 10.4 Å². The van der Waals surface area contributed by atoms with Crippen LogP contribution in [0.3, 0.4) is 0 Å². The van der Waals surface area contributed by atoms with Crippen LogP contribution in [0.15, 0.2) is 12.7 Å². The lowest BCUT2D eigenvalue weighted by atomic mass is 10.3. The summed E-state index contributed by atoms with van der Waals surface area (Å²) >= 11 is 0. The molecule has 82 valence electrons. The van der Waals surface area contributed by atoms with E-state index in [1.807, 2.05) is 13.8 Å². The Balaban J connectivity index is 2.89. The molecule has 0 aromatic heterocycles. The van der Waals surface area contributed by atoms with Gasteiger partial charge in [0, 0.05) is 13.1 Å². The fourth-order valence-electron chi connectivity index (χ4n) is 1.81. The Morgan fingerprint density at radius 2 is 1.86 bits per heavy atom. The maximum atomic E-state index is 12.1. The predicted molar refractivity (Wildman–Crippen MR) is 58.6 cm³/mol. The van der Waals surface area contributed by atoms with Gasteiger partial charge in [-0.3, -0.25) is 0 Å². The molecule has 4 heteroatoms. The summed E-state index contributed by atoms with van der Waals surface area (Å²) in [6.45, 7) is 8.52. The number of allylic oxidation sites excluding steroid dienone is 1. The molecule has 0 saturated heterocycles. The van der Waals surface area contributed by atoms with E-state index in [2.05, 4.69) is 6.58 Å². The minimum absolute atomic E-state index is 0.499. The van der Waals surface area contributed by atoms with Crippen molar-refractivity contribution in [2.75, 3.05) is 13.1 Å². The molecule has 1 rings (SSSR count). The lowest BCUT2D eigenvalue weighted by molar-refractivity contribution is 0.432. The standard InChI is InChI=1S/C10H19NO2S/c1-4-7-10(8-9-10)14(12,13)11(5-2)6-3/h4H,1,5-9H2,2-3H3. The van der Waals surface area contributed by atoms with Gasteiger partial charge in [-0.2, -0.15) is 0 Å². The Morgan fingerprint density at radius 3 is 2.14 bits per heavy atom. The smallest absolute Gasteiger partial charge is 0.212 e. The topological polar surface area (TPSA) is 37.4 Å². The highest BCUT2D eigenvalue weighted by atomic mass is 32.2. The number of hydrogen-bond acceptors (Lipinski definition) is 2.